The van der Waals surface area contributed by atoms with Gasteiger partial charge < -0.3 is 14.7 Å². The molecule has 2 rings (SSSR count). The van der Waals surface area contributed by atoms with Crippen LogP contribution in [0.4, 0.5) is 0 Å². The van der Waals surface area contributed by atoms with Gasteiger partial charge in [0.25, 0.3) is 0 Å². The van der Waals surface area contributed by atoms with Gasteiger partial charge in [0.2, 0.25) is 5.91 Å². The van der Waals surface area contributed by atoms with Crippen LogP contribution in [-0.4, -0.2) is 72.7 Å². The molecular formula is C17H30N2O4. The standard InChI is InChI=1S/C17H30N2O4/c1-18(13-16(20)21)11-15-12-19(9-10-23-15)17(22)14-7-5-3-2-4-6-8-14/h14-15H,2-13H2,1H3,(H,20,21). The molecule has 1 saturated carbocycles. The van der Waals surface area contributed by atoms with Gasteiger partial charge in [-0.15, -0.1) is 0 Å². The summed E-state index contributed by atoms with van der Waals surface area (Å²) in [5, 5.41) is 8.83. The molecule has 0 bridgehead atoms. The van der Waals surface area contributed by atoms with E-state index in [1.165, 1.54) is 19.3 Å². The summed E-state index contributed by atoms with van der Waals surface area (Å²) in [5.41, 5.74) is 0. The monoisotopic (exact) mass is 326 g/mol. The van der Waals surface area contributed by atoms with Crippen molar-refractivity contribution in [2.75, 3.05) is 39.8 Å². The molecule has 1 aliphatic carbocycles. The molecule has 6 nitrogen and oxygen atoms in total. The summed E-state index contributed by atoms with van der Waals surface area (Å²) in [6.45, 7) is 2.33. The minimum Gasteiger partial charge on any atom is -0.480 e. The van der Waals surface area contributed by atoms with Crippen LogP contribution in [0.2, 0.25) is 0 Å². The lowest BCUT2D eigenvalue weighted by atomic mass is 9.90. The summed E-state index contributed by atoms with van der Waals surface area (Å²) >= 11 is 0. The first-order chi connectivity index (χ1) is 11.1. The molecule has 0 aromatic carbocycles. The third-order valence-electron chi connectivity index (χ3n) is 4.83. The SMILES string of the molecule is CN(CC(=O)O)CC1CN(C(=O)C2CCCCCCC2)CCO1. The average Bonchev–Trinajstić information content (AvgIpc) is 2.45. The number of aliphatic carboxylic acids is 1. The largest absolute Gasteiger partial charge is 0.480 e. The van der Waals surface area contributed by atoms with Crippen LogP contribution in [0.15, 0.2) is 0 Å². The summed E-state index contributed by atoms with van der Waals surface area (Å²) in [7, 11) is 1.77. The molecule has 23 heavy (non-hydrogen) atoms. The first-order valence-corrected chi connectivity index (χ1v) is 8.87. The van der Waals surface area contributed by atoms with E-state index in [1.807, 2.05) is 4.90 Å². The van der Waals surface area contributed by atoms with Gasteiger partial charge in [-0.1, -0.05) is 32.1 Å². The Balaban J connectivity index is 1.84. The first kappa shape index (κ1) is 18.2. The lowest BCUT2D eigenvalue weighted by molar-refractivity contribution is -0.145. The molecular weight excluding hydrogens is 296 g/mol. The number of likely N-dealkylation sites (N-methyl/N-ethyl adjacent to an activating group) is 1. The van der Waals surface area contributed by atoms with Crippen molar-refractivity contribution in [1.82, 2.24) is 9.80 Å². The molecule has 2 aliphatic rings. The van der Waals surface area contributed by atoms with Crippen LogP contribution in [0.3, 0.4) is 0 Å². The quantitative estimate of drug-likeness (QED) is 0.831. The maximum Gasteiger partial charge on any atom is 0.317 e. The Bertz CT molecular complexity index is 394. The number of morpholine rings is 1. The lowest BCUT2D eigenvalue weighted by Gasteiger charge is -2.36. The van der Waals surface area contributed by atoms with Crippen LogP contribution < -0.4 is 0 Å². The number of carboxylic acid groups (broad SMARTS) is 1. The maximum atomic E-state index is 12.8. The fourth-order valence-electron chi connectivity index (χ4n) is 3.63. The fraction of sp³-hybridized carbons (Fsp3) is 0.882. The third-order valence-corrected chi connectivity index (χ3v) is 4.83. The van der Waals surface area contributed by atoms with Gasteiger partial charge in [-0.05, 0) is 19.9 Å². The van der Waals surface area contributed by atoms with E-state index in [0.717, 1.165) is 25.7 Å². The van der Waals surface area contributed by atoms with Gasteiger partial charge >= 0.3 is 5.97 Å². The van der Waals surface area contributed by atoms with Crippen LogP contribution in [0.1, 0.15) is 44.9 Å². The smallest absolute Gasteiger partial charge is 0.317 e. The summed E-state index contributed by atoms with van der Waals surface area (Å²) in [6.07, 6.45) is 8.04. The number of carbonyl (C=O) groups is 2. The van der Waals surface area contributed by atoms with E-state index in [1.54, 1.807) is 11.9 Å². The van der Waals surface area contributed by atoms with Crippen LogP contribution >= 0.6 is 0 Å². The number of carbonyl (C=O) groups excluding carboxylic acids is 1. The number of hydrogen-bond donors (Lipinski definition) is 1. The van der Waals surface area contributed by atoms with Crippen molar-refractivity contribution in [2.24, 2.45) is 5.92 Å². The molecule has 0 aromatic rings. The second-order valence-electron chi connectivity index (χ2n) is 6.91. The average molecular weight is 326 g/mol. The zero-order valence-electron chi connectivity index (χ0n) is 14.2. The van der Waals surface area contributed by atoms with Gasteiger partial charge in [-0.25, -0.2) is 0 Å². The zero-order valence-corrected chi connectivity index (χ0v) is 14.2. The molecule has 0 radical (unpaired) electrons. The second kappa shape index (κ2) is 9.23. The molecule has 132 valence electrons. The molecule has 1 unspecified atom stereocenters. The first-order valence-electron chi connectivity index (χ1n) is 8.87. The van der Waals surface area contributed by atoms with Gasteiger partial charge in [0.15, 0.2) is 0 Å². The lowest BCUT2D eigenvalue weighted by Crippen LogP contribution is -2.51. The molecule has 1 heterocycles. The van der Waals surface area contributed by atoms with Crippen molar-refractivity contribution in [2.45, 2.75) is 51.0 Å². The molecule has 1 atom stereocenters. The van der Waals surface area contributed by atoms with E-state index < -0.39 is 5.97 Å². The number of amides is 1. The Morgan fingerprint density at radius 1 is 1.17 bits per heavy atom. The summed E-state index contributed by atoms with van der Waals surface area (Å²) in [4.78, 5) is 27.2. The Morgan fingerprint density at radius 2 is 1.83 bits per heavy atom. The summed E-state index contributed by atoms with van der Waals surface area (Å²) in [6, 6.07) is 0. The number of ether oxygens (including phenoxy) is 1. The molecule has 1 aliphatic heterocycles. The predicted octanol–water partition coefficient (Wildman–Crippen LogP) is 1.59. The molecule has 0 aromatic heterocycles. The van der Waals surface area contributed by atoms with Crippen molar-refractivity contribution >= 4 is 11.9 Å². The van der Waals surface area contributed by atoms with Gasteiger partial charge in [0, 0.05) is 25.6 Å². The van der Waals surface area contributed by atoms with Gasteiger partial charge in [-0.2, -0.15) is 0 Å². The van der Waals surface area contributed by atoms with E-state index >= 15 is 0 Å². The van der Waals surface area contributed by atoms with E-state index in [9.17, 15) is 9.59 Å². The van der Waals surface area contributed by atoms with Crippen molar-refractivity contribution < 1.29 is 19.4 Å². The highest BCUT2D eigenvalue weighted by Crippen LogP contribution is 2.24. The summed E-state index contributed by atoms with van der Waals surface area (Å²) < 4.78 is 5.71. The van der Waals surface area contributed by atoms with Crippen molar-refractivity contribution in [3.05, 3.63) is 0 Å². The van der Waals surface area contributed by atoms with E-state index in [0.29, 0.717) is 26.2 Å². The second-order valence-corrected chi connectivity index (χ2v) is 6.91. The van der Waals surface area contributed by atoms with Crippen LogP contribution in [0.25, 0.3) is 0 Å². The number of nitrogens with zero attached hydrogens (tertiary/aromatic N) is 2. The molecule has 1 amide bonds. The molecule has 1 saturated heterocycles. The normalized spacial score (nSPS) is 24.3. The molecule has 2 fully saturated rings. The Hall–Kier alpha value is -1.14. The third kappa shape index (κ3) is 6.11. The van der Waals surface area contributed by atoms with Crippen LogP contribution in [-0.2, 0) is 14.3 Å². The Morgan fingerprint density at radius 3 is 2.48 bits per heavy atom. The fourth-order valence-corrected chi connectivity index (χ4v) is 3.63. The Kier molecular flexibility index (Phi) is 7.30. The molecule has 6 heteroatoms. The minimum absolute atomic E-state index is 0.00354. The number of carboxylic acids is 1. The summed E-state index contributed by atoms with van der Waals surface area (Å²) in [5.74, 6) is -0.391. The zero-order chi connectivity index (χ0) is 16.7. The van der Waals surface area contributed by atoms with Crippen molar-refractivity contribution in [3.63, 3.8) is 0 Å². The van der Waals surface area contributed by atoms with Gasteiger partial charge in [0.1, 0.15) is 0 Å². The predicted molar refractivity (Wildman–Crippen MR) is 87.3 cm³/mol. The van der Waals surface area contributed by atoms with E-state index in [-0.39, 0.29) is 24.5 Å². The topological polar surface area (TPSA) is 70.1 Å². The minimum atomic E-state index is -0.842. The number of hydrogen-bond acceptors (Lipinski definition) is 4. The van der Waals surface area contributed by atoms with Gasteiger partial charge in [-0.3, -0.25) is 14.5 Å². The van der Waals surface area contributed by atoms with Gasteiger partial charge in [0.05, 0.1) is 19.3 Å². The highest BCUT2D eigenvalue weighted by atomic mass is 16.5. The highest BCUT2D eigenvalue weighted by Gasteiger charge is 2.30. The maximum absolute atomic E-state index is 12.8. The van der Waals surface area contributed by atoms with Crippen LogP contribution in [0, 0.1) is 5.92 Å². The van der Waals surface area contributed by atoms with E-state index in [4.69, 9.17) is 9.84 Å². The number of rotatable bonds is 5. The van der Waals surface area contributed by atoms with Crippen molar-refractivity contribution in [3.8, 4) is 0 Å². The molecule has 0 spiro atoms. The molecule has 1 N–H and O–H groups in total. The van der Waals surface area contributed by atoms with E-state index in [2.05, 4.69) is 0 Å². The highest BCUT2D eigenvalue weighted by molar-refractivity contribution is 5.79. The Labute approximate surface area is 138 Å². The van der Waals surface area contributed by atoms with Crippen LogP contribution in [0.5, 0.6) is 0 Å². The van der Waals surface area contributed by atoms with Crippen molar-refractivity contribution in [1.29, 1.82) is 0 Å².